The molecule has 1 fully saturated rings. The Labute approximate surface area is 214 Å². The van der Waals surface area contributed by atoms with Crippen molar-refractivity contribution in [2.45, 2.75) is 6.42 Å². The molecule has 2 aromatic heterocycles. The molecule has 1 aliphatic heterocycles. The molecule has 2 aromatic carbocycles. The number of aromatic amines is 1. The third-order valence-electron chi connectivity index (χ3n) is 5.89. The van der Waals surface area contributed by atoms with E-state index in [4.69, 9.17) is 0 Å². The van der Waals surface area contributed by atoms with Crippen molar-refractivity contribution >= 4 is 45.9 Å². The number of carbonyl (C=O) groups excluding carboxylic acids is 2. The summed E-state index contributed by atoms with van der Waals surface area (Å²) in [6.45, 7) is 2.41. The van der Waals surface area contributed by atoms with Gasteiger partial charge in [-0.3, -0.25) is 19.4 Å². The van der Waals surface area contributed by atoms with E-state index in [-0.39, 0.29) is 29.0 Å². The summed E-state index contributed by atoms with van der Waals surface area (Å²) >= 11 is 2.29. The standard InChI is InChI=1S/C25H23N5O4S2/c31-21(14-20-23(33)28-25(34)36-20)30-12-10-29(11-13-30)18-8-6-17(7-9-18)26-22(32)19-15-35-24(27-19)16-4-2-1-3-5-16/h1-9,15,33H,10-14H2,(H,26,32)(H,28,34). The maximum Gasteiger partial charge on any atom is 0.307 e. The molecule has 5 rings (SSSR count). The molecule has 11 heteroatoms. The lowest BCUT2D eigenvalue weighted by molar-refractivity contribution is -0.130. The van der Waals surface area contributed by atoms with E-state index < -0.39 is 0 Å². The van der Waals surface area contributed by atoms with Crippen LogP contribution in [-0.4, -0.2) is 58.0 Å². The first-order valence-corrected chi connectivity index (χ1v) is 13.0. The highest BCUT2D eigenvalue weighted by Crippen LogP contribution is 2.25. The molecule has 9 nitrogen and oxygen atoms in total. The first-order chi connectivity index (χ1) is 17.5. The minimum atomic E-state index is -0.372. The van der Waals surface area contributed by atoms with Crippen molar-refractivity contribution in [1.29, 1.82) is 0 Å². The van der Waals surface area contributed by atoms with Gasteiger partial charge in [0.1, 0.15) is 10.7 Å². The first-order valence-electron chi connectivity index (χ1n) is 11.3. The Balaban J connectivity index is 1.14. The highest BCUT2D eigenvalue weighted by atomic mass is 32.1. The number of nitrogens with zero attached hydrogens (tertiary/aromatic N) is 3. The molecule has 0 saturated carbocycles. The second-order valence-electron chi connectivity index (χ2n) is 8.24. The van der Waals surface area contributed by atoms with Crippen LogP contribution in [0.15, 0.2) is 64.8 Å². The SMILES string of the molecule is O=C(Nc1ccc(N2CCN(C(=O)Cc3sc(=O)[nH]c3O)CC2)cc1)c1csc(-c2ccccc2)n1. The van der Waals surface area contributed by atoms with Crippen molar-refractivity contribution in [2.24, 2.45) is 0 Å². The van der Waals surface area contributed by atoms with Gasteiger partial charge in [-0.25, -0.2) is 4.98 Å². The minimum Gasteiger partial charge on any atom is -0.494 e. The van der Waals surface area contributed by atoms with Crippen molar-refractivity contribution < 1.29 is 14.7 Å². The predicted molar refractivity (Wildman–Crippen MR) is 141 cm³/mol. The predicted octanol–water partition coefficient (Wildman–Crippen LogP) is 3.41. The monoisotopic (exact) mass is 521 g/mol. The van der Waals surface area contributed by atoms with E-state index in [2.05, 4.69) is 20.2 Å². The molecular weight excluding hydrogens is 498 g/mol. The highest BCUT2D eigenvalue weighted by molar-refractivity contribution is 7.13. The van der Waals surface area contributed by atoms with Crippen molar-refractivity contribution in [3.8, 4) is 16.5 Å². The van der Waals surface area contributed by atoms with Crippen LogP contribution in [0.1, 0.15) is 15.4 Å². The fraction of sp³-hybridized carbons (Fsp3) is 0.200. The van der Waals surface area contributed by atoms with E-state index >= 15 is 0 Å². The summed E-state index contributed by atoms with van der Waals surface area (Å²) in [4.78, 5) is 47.2. The third-order valence-corrected chi connectivity index (χ3v) is 7.66. The maximum atomic E-state index is 12.6. The largest absolute Gasteiger partial charge is 0.494 e. The molecule has 0 spiro atoms. The van der Waals surface area contributed by atoms with Crippen LogP contribution in [0.3, 0.4) is 0 Å². The molecule has 0 atom stereocenters. The Bertz CT molecular complexity index is 1420. The van der Waals surface area contributed by atoms with Crippen LogP contribution in [-0.2, 0) is 11.2 Å². The number of aromatic hydroxyl groups is 1. The first kappa shape index (κ1) is 23.8. The Hall–Kier alpha value is -3.96. The van der Waals surface area contributed by atoms with Crippen LogP contribution in [0.25, 0.3) is 10.6 Å². The molecule has 0 aliphatic carbocycles. The van der Waals surface area contributed by atoms with Gasteiger partial charge in [-0.1, -0.05) is 41.7 Å². The zero-order chi connectivity index (χ0) is 25.1. The lowest BCUT2D eigenvalue weighted by Crippen LogP contribution is -2.49. The maximum absolute atomic E-state index is 12.6. The lowest BCUT2D eigenvalue weighted by atomic mass is 10.2. The van der Waals surface area contributed by atoms with E-state index in [9.17, 15) is 19.5 Å². The van der Waals surface area contributed by atoms with Gasteiger partial charge in [0.05, 0.1) is 11.3 Å². The summed E-state index contributed by atoms with van der Waals surface area (Å²) in [6, 6.07) is 17.3. The number of H-pyrrole nitrogens is 1. The van der Waals surface area contributed by atoms with Gasteiger partial charge in [-0.05, 0) is 24.3 Å². The Morgan fingerprint density at radius 2 is 1.75 bits per heavy atom. The van der Waals surface area contributed by atoms with Gasteiger partial charge >= 0.3 is 4.87 Å². The topological polar surface area (TPSA) is 119 Å². The smallest absolute Gasteiger partial charge is 0.307 e. The summed E-state index contributed by atoms with van der Waals surface area (Å²) in [5.74, 6) is -0.599. The molecule has 0 radical (unpaired) electrons. The molecule has 1 aliphatic rings. The van der Waals surface area contributed by atoms with Gasteiger partial charge < -0.3 is 20.2 Å². The van der Waals surface area contributed by atoms with Crippen LogP contribution in [0, 0.1) is 0 Å². The number of hydrogen-bond donors (Lipinski definition) is 3. The van der Waals surface area contributed by atoms with Gasteiger partial charge in [0.15, 0.2) is 0 Å². The average molecular weight is 522 g/mol. The average Bonchev–Trinajstić information content (AvgIpc) is 3.51. The quantitative estimate of drug-likeness (QED) is 0.358. The van der Waals surface area contributed by atoms with Crippen LogP contribution in [0.5, 0.6) is 5.88 Å². The summed E-state index contributed by atoms with van der Waals surface area (Å²) in [6.07, 6.45) is 0.00939. The van der Waals surface area contributed by atoms with E-state index in [0.717, 1.165) is 27.6 Å². The van der Waals surface area contributed by atoms with Gasteiger partial charge in [0.25, 0.3) is 5.91 Å². The molecule has 0 unspecified atom stereocenters. The summed E-state index contributed by atoms with van der Waals surface area (Å²) < 4.78 is 0. The molecule has 0 bridgehead atoms. The van der Waals surface area contributed by atoms with Crippen molar-refractivity contribution in [2.75, 3.05) is 36.4 Å². The molecule has 2 amide bonds. The number of aromatic nitrogens is 2. The van der Waals surface area contributed by atoms with Crippen molar-refractivity contribution in [3.05, 3.63) is 80.2 Å². The van der Waals surface area contributed by atoms with E-state index in [1.54, 1.807) is 10.3 Å². The molecule has 3 N–H and O–H groups in total. The fourth-order valence-electron chi connectivity index (χ4n) is 3.98. The van der Waals surface area contributed by atoms with Crippen LogP contribution in [0.4, 0.5) is 11.4 Å². The number of amides is 2. The summed E-state index contributed by atoms with van der Waals surface area (Å²) in [7, 11) is 0. The zero-order valence-corrected chi connectivity index (χ0v) is 20.8. The zero-order valence-electron chi connectivity index (χ0n) is 19.1. The second kappa shape index (κ2) is 10.3. The Kier molecular flexibility index (Phi) is 6.83. The van der Waals surface area contributed by atoms with Gasteiger partial charge in [-0.15, -0.1) is 11.3 Å². The van der Waals surface area contributed by atoms with Crippen LogP contribution in [0.2, 0.25) is 0 Å². The normalized spacial score (nSPS) is 13.6. The second-order valence-corrected chi connectivity index (χ2v) is 10.2. The number of anilines is 2. The number of nitrogens with one attached hydrogen (secondary N) is 2. The number of thiazole rings is 2. The number of hydrogen-bond acceptors (Lipinski definition) is 8. The molecular formula is C25H23N5O4S2. The van der Waals surface area contributed by atoms with Gasteiger partial charge in [-0.2, -0.15) is 0 Å². The fourth-order valence-corrected chi connectivity index (χ4v) is 5.50. The van der Waals surface area contributed by atoms with E-state index in [1.807, 2.05) is 54.6 Å². The van der Waals surface area contributed by atoms with Crippen LogP contribution >= 0.6 is 22.7 Å². The van der Waals surface area contributed by atoms with Gasteiger partial charge in [0.2, 0.25) is 11.8 Å². The molecule has 3 heterocycles. The van der Waals surface area contributed by atoms with Gasteiger partial charge in [0, 0.05) is 48.5 Å². The molecule has 36 heavy (non-hydrogen) atoms. The Morgan fingerprint density at radius 3 is 2.42 bits per heavy atom. The number of benzene rings is 2. The number of rotatable bonds is 6. The lowest BCUT2D eigenvalue weighted by Gasteiger charge is -2.36. The van der Waals surface area contributed by atoms with Crippen molar-refractivity contribution in [1.82, 2.24) is 14.9 Å². The Morgan fingerprint density at radius 1 is 1.03 bits per heavy atom. The number of carbonyl (C=O) groups is 2. The summed E-state index contributed by atoms with van der Waals surface area (Å²) in [5.41, 5.74) is 3.04. The summed E-state index contributed by atoms with van der Waals surface area (Å²) in [5, 5.41) is 15.2. The third kappa shape index (κ3) is 5.31. The van der Waals surface area contributed by atoms with Crippen molar-refractivity contribution in [3.63, 3.8) is 0 Å². The van der Waals surface area contributed by atoms with E-state index in [1.165, 1.54) is 11.3 Å². The molecule has 1 saturated heterocycles. The van der Waals surface area contributed by atoms with E-state index in [0.29, 0.717) is 42.4 Å². The van der Waals surface area contributed by atoms with Crippen LogP contribution < -0.4 is 15.1 Å². The minimum absolute atomic E-state index is 0.00939. The molecule has 4 aromatic rings. The highest BCUT2D eigenvalue weighted by Gasteiger charge is 2.23. The molecule has 184 valence electrons. The number of piperazine rings is 1.